The maximum atomic E-state index is 12.6. The first-order valence-corrected chi connectivity index (χ1v) is 7.08. The molecular formula is C14H21NO4. The quantitative estimate of drug-likeness (QED) is 0.790. The van der Waals surface area contributed by atoms with Crippen LogP contribution in [0.2, 0.25) is 0 Å². The first kappa shape index (κ1) is 14.0. The Morgan fingerprint density at radius 1 is 1.32 bits per heavy atom. The van der Waals surface area contributed by atoms with Crippen LogP contribution in [0, 0.1) is 5.41 Å². The maximum Gasteiger partial charge on any atom is 0.305 e. The number of carboxylic acid groups (broad SMARTS) is 1. The fourth-order valence-electron chi connectivity index (χ4n) is 3.43. The van der Waals surface area contributed by atoms with Crippen molar-refractivity contribution in [2.45, 2.75) is 64.3 Å². The standard InChI is InChI=1S/C14H21NO4/c1-2-10(8-12(17)18)15-11(16)9-14(13(15)19)6-4-3-5-7-14/h10H,2-9H2,1H3,(H,17,18). The number of carbonyl (C=O) groups is 3. The number of carboxylic acids is 1. The Kier molecular flexibility index (Phi) is 3.92. The van der Waals surface area contributed by atoms with Crippen molar-refractivity contribution in [2.24, 2.45) is 5.41 Å². The Hall–Kier alpha value is -1.39. The molecule has 2 fully saturated rings. The van der Waals surface area contributed by atoms with Crippen LogP contribution < -0.4 is 0 Å². The van der Waals surface area contributed by atoms with E-state index in [1.165, 1.54) is 4.90 Å². The Balaban J connectivity index is 2.19. The van der Waals surface area contributed by atoms with E-state index in [0.29, 0.717) is 6.42 Å². The summed E-state index contributed by atoms with van der Waals surface area (Å²) in [6.07, 6.45) is 5.28. The van der Waals surface area contributed by atoms with E-state index in [1.807, 2.05) is 6.92 Å². The van der Waals surface area contributed by atoms with Gasteiger partial charge in [-0.1, -0.05) is 26.2 Å². The van der Waals surface area contributed by atoms with Crippen molar-refractivity contribution in [3.05, 3.63) is 0 Å². The molecular weight excluding hydrogens is 246 g/mol. The minimum absolute atomic E-state index is 0.120. The summed E-state index contributed by atoms with van der Waals surface area (Å²) in [6, 6.07) is -0.487. The lowest BCUT2D eigenvalue weighted by molar-refractivity contribution is -0.147. The summed E-state index contributed by atoms with van der Waals surface area (Å²) in [4.78, 5) is 36.8. The molecule has 1 unspecified atom stereocenters. The Labute approximate surface area is 113 Å². The third-order valence-corrected chi connectivity index (χ3v) is 4.49. The summed E-state index contributed by atoms with van der Waals surface area (Å²) in [5.41, 5.74) is -0.513. The van der Waals surface area contributed by atoms with E-state index in [0.717, 1.165) is 32.1 Å². The van der Waals surface area contributed by atoms with E-state index in [4.69, 9.17) is 5.11 Å². The predicted octanol–water partition coefficient (Wildman–Crippen LogP) is 1.95. The van der Waals surface area contributed by atoms with Gasteiger partial charge in [-0.3, -0.25) is 19.3 Å². The molecule has 1 aliphatic carbocycles. The van der Waals surface area contributed by atoms with Crippen LogP contribution in [-0.4, -0.2) is 33.8 Å². The normalized spacial score (nSPS) is 23.9. The SMILES string of the molecule is CCC(CC(=O)O)N1C(=O)CC2(CCCCC2)C1=O. The van der Waals surface area contributed by atoms with Crippen molar-refractivity contribution in [3.8, 4) is 0 Å². The van der Waals surface area contributed by atoms with Crippen molar-refractivity contribution in [3.63, 3.8) is 0 Å². The number of hydrogen-bond donors (Lipinski definition) is 1. The van der Waals surface area contributed by atoms with E-state index in [2.05, 4.69) is 0 Å². The van der Waals surface area contributed by atoms with Gasteiger partial charge in [-0.05, 0) is 19.3 Å². The molecule has 1 heterocycles. The number of amides is 2. The van der Waals surface area contributed by atoms with Crippen molar-refractivity contribution in [1.82, 2.24) is 4.90 Å². The molecule has 1 saturated carbocycles. The predicted molar refractivity (Wildman–Crippen MR) is 68.3 cm³/mol. The third-order valence-electron chi connectivity index (χ3n) is 4.49. The second-order valence-corrected chi connectivity index (χ2v) is 5.75. The van der Waals surface area contributed by atoms with Gasteiger partial charge < -0.3 is 5.11 Å². The van der Waals surface area contributed by atoms with E-state index in [-0.39, 0.29) is 24.7 Å². The van der Waals surface area contributed by atoms with E-state index >= 15 is 0 Å². The highest BCUT2D eigenvalue weighted by Crippen LogP contribution is 2.46. The molecule has 0 radical (unpaired) electrons. The lowest BCUT2D eigenvalue weighted by atomic mass is 9.73. The van der Waals surface area contributed by atoms with E-state index < -0.39 is 17.4 Å². The van der Waals surface area contributed by atoms with Crippen LogP contribution >= 0.6 is 0 Å². The molecule has 5 nitrogen and oxygen atoms in total. The highest BCUT2D eigenvalue weighted by atomic mass is 16.4. The summed E-state index contributed by atoms with van der Waals surface area (Å²) in [7, 11) is 0. The number of nitrogens with zero attached hydrogens (tertiary/aromatic N) is 1. The fraction of sp³-hybridized carbons (Fsp3) is 0.786. The largest absolute Gasteiger partial charge is 0.481 e. The molecule has 19 heavy (non-hydrogen) atoms. The van der Waals surface area contributed by atoms with Gasteiger partial charge in [0.15, 0.2) is 0 Å². The maximum absolute atomic E-state index is 12.6. The zero-order valence-corrected chi connectivity index (χ0v) is 11.4. The van der Waals surface area contributed by atoms with Gasteiger partial charge in [0.2, 0.25) is 11.8 Å². The summed E-state index contributed by atoms with van der Waals surface area (Å²) in [5, 5.41) is 8.90. The molecule has 0 aromatic heterocycles. The van der Waals surface area contributed by atoms with Crippen LogP contribution in [0.1, 0.15) is 58.3 Å². The second kappa shape index (κ2) is 5.31. The Morgan fingerprint density at radius 2 is 1.95 bits per heavy atom. The molecule has 1 saturated heterocycles. The Bertz CT molecular complexity index is 398. The lowest BCUT2D eigenvalue weighted by Crippen LogP contribution is -2.44. The Morgan fingerprint density at radius 3 is 2.47 bits per heavy atom. The van der Waals surface area contributed by atoms with Crippen molar-refractivity contribution in [2.75, 3.05) is 0 Å². The smallest absolute Gasteiger partial charge is 0.305 e. The number of rotatable bonds is 4. The molecule has 1 aliphatic heterocycles. The molecule has 1 N–H and O–H groups in total. The van der Waals surface area contributed by atoms with Crippen LogP contribution in [-0.2, 0) is 14.4 Å². The lowest BCUT2D eigenvalue weighted by Gasteiger charge is -2.32. The van der Waals surface area contributed by atoms with E-state index in [9.17, 15) is 14.4 Å². The highest BCUT2D eigenvalue weighted by molar-refractivity contribution is 6.06. The van der Waals surface area contributed by atoms with Gasteiger partial charge in [-0.15, -0.1) is 0 Å². The third kappa shape index (κ3) is 2.51. The molecule has 0 aromatic carbocycles. The number of carbonyl (C=O) groups excluding carboxylic acids is 2. The van der Waals surface area contributed by atoms with Crippen LogP contribution in [0.5, 0.6) is 0 Å². The number of aliphatic carboxylic acids is 1. The first-order valence-electron chi connectivity index (χ1n) is 7.08. The minimum Gasteiger partial charge on any atom is -0.481 e. The van der Waals surface area contributed by atoms with Gasteiger partial charge in [-0.25, -0.2) is 0 Å². The second-order valence-electron chi connectivity index (χ2n) is 5.75. The van der Waals surface area contributed by atoms with Crippen molar-refractivity contribution < 1.29 is 19.5 Å². The van der Waals surface area contributed by atoms with Gasteiger partial charge in [0, 0.05) is 12.5 Å². The number of imide groups is 1. The monoisotopic (exact) mass is 267 g/mol. The molecule has 5 heteroatoms. The molecule has 0 bridgehead atoms. The van der Waals surface area contributed by atoms with Gasteiger partial charge >= 0.3 is 5.97 Å². The topological polar surface area (TPSA) is 74.7 Å². The van der Waals surface area contributed by atoms with Gasteiger partial charge in [-0.2, -0.15) is 0 Å². The fourth-order valence-corrected chi connectivity index (χ4v) is 3.43. The van der Waals surface area contributed by atoms with Gasteiger partial charge in [0.05, 0.1) is 11.8 Å². The molecule has 2 amide bonds. The summed E-state index contributed by atoms with van der Waals surface area (Å²) in [6.45, 7) is 1.82. The average molecular weight is 267 g/mol. The summed E-state index contributed by atoms with van der Waals surface area (Å²) >= 11 is 0. The van der Waals surface area contributed by atoms with Crippen LogP contribution in [0.4, 0.5) is 0 Å². The molecule has 0 aromatic rings. The molecule has 1 spiro atoms. The van der Waals surface area contributed by atoms with Crippen LogP contribution in [0.15, 0.2) is 0 Å². The molecule has 2 aliphatic rings. The minimum atomic E-state index is -0.961. The average Bonchev–Trinajstić information content (AvgIpc) is 2.59. The zero-order chi connectivity index (χ0) is 14.0. The summed E-state index contributed by atoms with van der Waals surface area (Å²) in [5.74, 6) is -1.26. The van der Waals surface area contributed by atoms with Gasteiger partial charge in [0.25, 0.3) is 0 Å². The van der Waals surface area contributed by atoms with Crippen molar-refractivity contribution >= 4 is 17.8 Å². The number of likely N-dealkylation sites (tertiary alicyclic amines) is 1. The summed E-state index contributed by atoms with van der Waals surface area (Å²) < 4.78 is 0. The molecule has 1 atom stereocenters. The first-order chi connectivity index (χ1) is 9.00. The van der Waals surface area contributed by atoms with Crippen LogP contribution in [0.25, 0.3) is 0 Å². The molecule has 106 valence electrons. The highest BCUT2D eigenvalue weighted by Gasteiger charge is 2.53. The zero-order valence-electron chi connectivity index (χ0n) is 11.4. The van der Waals surface area contributed by atoms with E-state index in [1.54, 1.807) is 0 Å². The van der Waals surface area contributed by atoms with Gasteiger partial charge in [0.1, 0.15) is 0 Å². The van der Waals surface area contributed by atoms with Crippen LogP contribution in [0.3, 0.4) is 0 Å². The van der Waals surface area contributed by atoms with Crippen molar-refractivity contribution in [1.29, 1.82) is 0 Å². The number of hydrogen-bond acceptors (Lipinski definition) is 3. The molecule has 2 rings (SSSR count).